The van der Waals surface area contributed by atoms with Gasteiger partial charge in [-0.15, -0.1) is 0 Å². The van der Waals surface area contributed by atoms with E-state index in [1.807, 2.05) is 48.5 Å². The highest BCUT2D eigenvalue weighted by atomic mass is 16.5. The van der Waals surface area contributed by atoms with Gasteiger partial charge in [-0.05, 0) is 18.2 Å². The smallest absolute Gasteiger partial charge is 0.221 e. The molecule has 19 heavy (non-hydrogen) atoms. The van der Waals surface area contributed by atoms with Crippen LogP contribution in [0.2, 0.25) is 0 Å². The molecule has 0 bridgehead atoms. The molecule has 0 unspecified atom stereocenters. The fourth-order valence-electron chi connectivity index (χ4n) is 2.01. The molecule has 4 rings (SSSR count). The van der Waals surface area contributed by atoms with Gasteiger partial charge in [0.2, 0.25) is 5.89 Å². The van der Waals surface area contributed by atoms with Crippen molar-refractivity contribution < 1.29 is 9.15 Å². The van der Waals surface area contributed by atoms with Crippen LogP contribution in [0.15, 0.2) is 58.8 Å². The molecular formula is C15H9N2O2-. The summed E-state index contributed by atoms with van der Waals surface area (Å²) in [6.07, 6.45) is 1.69. The van der Waals surface area contributed by atoms with Gasteiger partial charge in [-0.2, -0.15) is 0 Å². The van der Waals surface area contributed by atoms with Crippen LogP contribution in [-0.4, -0.2) is 4.98 Å². The van der Waals surface area contributed by atoms with Crippen LogP contribution < -0.4 is 4.74 Å². The Hall–Kier alpha value is -2.75. The first-order valence-corrected chi connectivity index (χ1v) is 5.94. The quantitative estimate of drug-likeness (QED) is 0.648. The molecule has 1 aromatic heterocycles. The van der Waals surface area contributed by atoms with Gasteiger partial charge in [0.05, 0.1) is 0 Å². The van der Waals surface area contributed by atoms with Crippen LogP contribution in [0.5, 0.6) is 5.75 Å². The monoisotopic (exact) mass is 249 g/mol. The maximum atomic E-state index is 5.60. The van der Waals surface area contributed by atoms with E-state index in [0.29, 0.717) is 11.8 Å². The molecule has 1 aliphatic heterocycles. The van der Waals surface area contributed by atoms with Gasteiger partial charge >= 0.3 is 0 Å². The Morgan fingerprint density at radius 2 is 1.84 bits per heavy atom. The molecule has 0 radical (unpaired) electrons. The number of nitrogens with zero attached hydrogens (tertiary/aromatic N) is 2. The van der Waals surface area contributed by atoms with Gasteiger partial charge in [0.1, 0.15) is 11.3 Å². The summed E-state index contributed by atoms with van der Waals surface area (Å²) in [6, 6.07) is 15.2. The van der Waals surface area contributed by atoms with Crippen molar-refractivity contribution in [2.24, 2.45) is 0 Å². The number of oxazole rings is 1. The highest BCUT2D eigenvalue weighted by Crippen LogP contribution is 2.42. The van der Waals surface area contributed by atoms with E-state index >= 15 is 0 Å². The van der Waals surface area contributed by atoms with E-state index in [1.165, 1.54) is 0 Å². The summed E-state index contributed by atoms with van der Waals surface area (Å²) in [4.78, 5) is 4.36. The lowest BCUT2D eigenvalue weighted by Crippen LogP contribution is -1.84. The van der Waals surface area contributed by atoms with Crippen LogP contribution in [0.4, 0.5) is 5.69 Å². The molecule has 0 spiro atoms. The summed E-state index contributed by atoms with van der Waals surface area (Å²) >= 11 is 0. The summed E-state index contributed by atoms with van der Waals surface area (Å²) in [6.45, 7) is 0. The minimum atomic E-state index is 0.493. The lowest BCUT2D eigenvalue weighted by Gasteiger charge is -2.10. The third-order valence-electron chi connectivity index (χ3n) is 2.87. The van der Waals surface area contributed by atoms with E-state index in [2.05, 4.69) is 10.3 Å². The van der Waals surface area contributed by atoms with Crippen molar-refractivity contribution in [3.63, 3.8) is 0 Å². The minimum Gasteiger partial charge on any atom is -0.624 e. The van der Waals surface area contributed by atoms with Gasteiger partial charge in [-0.25, -0.2) is 4.98 Å². The summed E-state index contributed by atoms with van der Waals surface area (Å²) in [5.41, 5.74) is 2.40. The molecule has 0 aliphatic carbocycles. The first-order valence-electron chi connectivity index (χ1n) is 5.94. The predicted octanol–water partition coefficient (Wildman–Crippen LogP) is 4.22. The molecule has 4 heteroatoms. The van der Waals surface area contributed by atoms with E-state index in [0.717, 1.165) is 22.5 Å². The number of rotatable bonds is 1. The van der Waals surface area contributed by atoms with Crippen molar-refractivity contribution in [3.05, 3.63) is 65.6 Å². The van der Waals surface area contributed by atoms with Crippen LogP contribution in [0.3, 0.4) is 0 Å². The molecule has 3 aromatic rings. The first kappa shape index (κ1) is 10.2. The Kier molecular flexibility index (Phi) is 2.08. The Morgan fingerprint density at radius 1 is 1.00 bits per heavy atom. The Labute approximate surface area is 109 Å². The van der Waals surface area contributed by atoms with Crippen LogP contribution in [0.1, 0.15) is 5.89 Å². The summed E-state index contributed by atoms with van der Waals surface area (Å²) in [5, 5.41) is 4.36. The molecule has 0 N–H and O–H groups in total. The largest absolute Gasteiger partial charge is 0.624 e. The zero-order valence-electron chi connectivity index (χ0n) is 9.91. The lowest BCUT2D eigenvalue weighted by atomic mass is 10.3. The Balaban J connectivity index is 1.70. The van der Waals surface area contributed by atoms with Crippen LogP contribution in [-0.2, 0) is 0 Å². The van der Waals surface area contributed by atoms with Crippen LogP contribution in [0, 0.1) is 0 Å². The zero-order valence-corrected chi connectivity index (χ0v) is 9.91. The fraction of sp³-hybridized carbons (Fsp3) is 0. The second kappa shape index (κ2) is 3.88. The summed E-state index contributed by atoms with van der Waals surface area (Å²) in [5.74, 6) is 1.74. The second-order valence-electron chi connectivity index (χ2n) is 4.18. The lowest BCUT2D eigenvalue weighted by molar-refractivity contribution is 0.464. The number of hydrogen-bond donors (Lipinski definition) is 0. The number of aromatic nitrogens is 1. The SMILES string of the molecule is C(=C1[N-]c2ccccc2O1)c1nc2ccccc2o1. The highest BCUT2D eigenvalue weighted by Gasteiger charge is 2.07. The number of benzene rings is 2. The predicted molar refractivity (Wildman–Crippen MR) is 72.1 cm³/mol. The highest BCUT2D eigenvalue weighted by molar-refractivity contribution is 5.76. The van der Waals surface area contributed by atoms with E-state index in [1.54, 1.807) is 6.08 Å². The van der Waals surface area contributed by atoms with Crippen molar-refractivity contribution in [3.8, 4) is 5.75 Å². The third-order valence-corrected chi connectivity index (χ3v) is 2.87. The maximum absolute atomic E-state index is 5.60. The second-order valence-corrected chi connectivity index (χ2v) is 4.18. The van der Waals surface area contributed by atoms with E-state index < -0.39 is 0 Å². The van der Waals surface area contributed by atoms with E-state index in [-0.39, 0.29) is 0 Å². The molecular weight excluding hydrogens is 240 g/mol. The van der Waals surface area contributed by atoms with Crippen LogP contribution >= 0.6 is 0 Å². The fourth-order valence-corrected chi connectivity index (χ4v) is 2.01. The maximum Gasteiger partial charge on any atom is 0.221 e. The van der Waals surface area contributed by atoms with Crippen molar-refractivity contribution in [2.75, 3.05) is 0 Å². The van der Waals surface area contributed by atoms with Crippen molar-refractivity contribution in [2.45, 2.75) is 0 Å². The Morgan fingerprint density at radius 3 is 2.74 bits per heavy atom. The van der Waals surface area contributed by atoms with Crippen LogP contribution in [0.25, 0.3) is 22.5 Å². The number of ether oxygens (including phenoxy) is 1. The molecule has 0 atom stereocenters. The van der Waals surface area contributed by atoms with E-state index in [4.69, 9.17) is 9.15 Å². The van der Waals surface area contributed by atoms with Crippen molar-refractivity contribution in [1.82, 2.24) is 4.98 Å². The number of hydrogen-bond acceptors (Lipinski definition) is 3. The summed E-state index contributed by atoms with van der Waals surface area (Å²) < 4.78 is 11.2. The van der Waals surface area contributed by atoms with Crippen molar-refractivity contribution >= 4 is 22.9 Å². The molecule has 2 heterocycles. The molecule has 1 aliphatic rings. The Bertz CT molecular complexity index is 729. The molecule has 0 fully saturated rings. The van der Waals surface area contributed by atoms with Gasteiger partial charge in [0.15, 0.2) is 5.58 Å². The van der Waals surface area contributed by atoms with Crippen molar-refractivity contribution in [1.29, 1.82) is 0 Å². The number of para-hydroxylation sites is 4. The first-order chi connectivity index (χ1) is 9.38. The third kappa shape index (κ3) is 1.74. The zero-order chi connectivity index (χ0) is 12.7. The topological polar surface area (TPSA) is 49.4 Å². The molecule has 0 saturated heterocycles. The number of fused-ring (bicyclic) bond motifs is 2. The molecule has 2 aromatic carbocycles. The van der Waals surface area contributed by atoms with Gasteiger partial charge in [-0.1, -0.05) is 36.0 Å². The van der Waals surface area contributed by atoms with Gasteiger partial charge in [0.25, 0.3) is 0 Å². The molecule has 4 nitrogen and oxygen atoms in total. The normalized spacial score (nSPS) is 15.3. The standard InChI is InChI=1S/C15H9N2O2/c1-3-7-12-10(5-1)16-14(18-12)9-15-17-11-6-2-4-8-13(11)19-15/h1-9H/q-1. The summed E-state index contributed by atoms with van der Waals surface area (Å²) in [7, 11) is 0. The molecule has 0 saturated carbocycles. The van der Waals surface area contributed by atoms with Gasteiger partial charge < -0.3 is 14.5 Å². The van der Waals surface area contributed by atoms with E-state index in [9.17, 15) is 0 Å². The minimum absolute atomic E-state index is 0.493. The molecule has 0 amide bonds. The van der Waals surface area contributed by atoms with Gasteiger partial charge in [-0.3, -0.25) is 0 Å². The average molecular weight is 249 g/mol. The average Bonchev–Trinajstić information content (AvgIpc) is 3.00. The van der Waals surface area contributed by atoms with Gasteiger partial charge in [0, 0.05) is 12.0 Å². The molecule has 92 valence electrons.